The lowest BCUT2D eigenvalue weighted by Crippen LogP contribution is -2.62. The van der Waals surface area contributed by atoms with Crippen molar-refractivity contribution in [2.75, 3.05) is 13.2 Å². The second kappa shape index (κ2) is 4.13. The SMILES string of the molecule is O=C1C=CC(=O)[C@H]2[C@H]3C=C[C@@H]([C@@H]12)[C@@H]1[C@@H]2C=C[C@@H]([C@H]4COC[C@@H]24)[C@H]31. The second-order valence-electron chi connectivity index (χ2n) is 8.29. The first kappa shape index (κ1) is 12.9. The van der Waals surface area contributed by atoms with E-state index in [0.29, 0.717) is 35.5 Å². The first-order chi connectivity index (χ1) is 11.3. The number of carbonyl (C=O) groups is 2. The fourth-order valence-electron chi connectivity index (χ4n) is 7.12. The molecule has 0 unspecified atom stereocenters. The molecule has 1 heterocycles. The molecule has 10 atom stereocenters. The Hall–Kier alpha value is -1.48. The Morgan fingerprint density at radius 1 is 0.696 bits per heavy atom. The smallest absolute Gasteiger partial charge is 0.160 e. The average molecular weight is 308 g/mol. The van der Waals surface area contributed by atoms with Crippen molar-refractivity contribution in [2.45, 2.75) is 0 Å². The molecule has 0 aromatic carbocycles. The lowest BCUT2D eigenvalue weighted by atomic mass is 9.40. The van der Waals surface area contributed by atoms with Crippen molar-refractivity contribution in [3.63, 3.8) is 0 Å². The summed E-state index contributed by atoms with van der Waals surface area (Å²) >= 11 is 0. The molecular formula is C20H20O3. The van der Waals surface area contributed by atoms with E-state index in [1.807, 2.05) is 0 Å². The van der Waals surface area contributed by atoms with E-state index >= 15 is 0 Å². The molecule has 8 rings (SSSR count). The third kappa shape index (κ3) is 1.38. The highest BCUT2D eigenvalue weighted by Crippen LogP contribution is 2.65. The molecule has 0 aromatic heterocycles. The normalized spacial score (nSPS) is 57.6. The third-order valence-corrected chi connectivity index (χ3v) is 7.78. The van der Waals surface area contributed by atoms with Gasteiger partial charge in [0.25, 0.3) is 0 Å². The summed E-state index contributed by atoms with van der Waals surface area (Å²) in [6.45, 7) is 1.75. The van der Waals surface area contributed by atoms with Crippen molar-refractivity contribution in [3.8, 4) is 0 Å². The highest BCUT2D eigenvalue weighted by Gasteiger charge is 2.65. The van der Waals surface area contributed by atoms with Gasteiger partial charge in [0.15, 0.2) is 11.6 Å². The van der Waals surface area contributed by atoms with Gasteiger partial charge in [0.2, 0.25) is 0 Å². The Kier molecular flexibility index (Phi) is 2.31. The molecule has 0 spiro atoms. The van der Waals surface area contributed by atoms with E-state index in [9.17, 15) is 9.59 Å². The van der Waals surface area contributed by atoms with Crippen LogP contribution in [0.5, 0.6) is 0 Å². The van der Waals surface area contributed by atoms with Gasteiger partial charge in [-0.1, -0.05) is 24.3 Å². The molecule has 8 aliphatic rings. The topological polar surface area (TPSA) is 43.4 Å². The Bertz CT molecular complexity index is 646. The Balaban J connectivity index is 1.51. The Morgan fingerprint density at radius 3 is 1.61 bits per heavy atom. The minimum atomic E-state index is -0.0997. The van der Waals surface area contributed by atoms with Crippen molar-refractivity contribution >= 4 is 11.6 Å². The number of ether oxygens (including phenoxy) is 1. The van der Waals surface area contributed by atoms with Gasteiger partial charge in [0, 0.05) is 11.8 Å². The van der Waals surface area contributed by atoms with Gasteiger partial charge in [-0.2, -0.15) is 0 Å². The standard InChI is InChI=1S/C20H20O3/c21-15-5-6-16(22)20-12-4-3-11(19(15)20)17-9-1-2-10(18(12)17)14-8-23-7-13(9)14/h1-6,9-14,17-20H,7-8H2/t9-,10+,11-,12+,13+,14-,17+,18-,19+,20-. The molecule has 0 N–H and O–H groups in total. The van der Waals surface area contributed by atoms with Crippen molar-refractivity contribution in [2.24, 2.45) is 59.2 Å². The first-order valence-corrected chi connectivity index (χ1v) is 8.96. The van der Waals surface area contributed by atoms with Gasteiger partial charge in [0.05, 0.1) is 13.2 Å². The predicted octanol–water partition coefficient (Wildman–Crippen LogP) is 2.05. The van der Waals surface area contributed by atoms with Crippen LogP contribution in [-0.2, 0) is 14.3 Å². The van der Waals surface area contributed by atoms with Gasteiger partial charge in [0.1, 0.15) is 0 Å². The van der Waals surface area contributed by atoms with Crippen LogP contribution in [0.2, 0.25) is 0 Å². The molecule has 3 heteroatoms. The third-order valence-electron chi connectivity index (χ3n) is 7.78. The summed E-state index contributed by atoms with van der Waals surface area (Å²) in [7, 11) is 0. The first-order valence-electron chi connectivity index (χ1n) is 8.96. The number of allylic oxidation sites excluding steroid dienone is 6. The fraction of sp³-hybridized carbons (Fsp3) is 0.600. The van der Waals surface area contributed by atoms with E-state index in [4.69, 9.17) is 4.74 Å². The van der Waals surface area contributed by atoms with Crippen LogP contribution >= 0.6 is 0 Å². The van der Waals surface area contributed by atoms with Crippen LogP contribution < -0.4 is 0 Å². The van der Waals surface area contributed by atoms with Crippen LogP contribution in [0.25, 0.3) is 0 Å². The Labute approximate surface area is 135 Å². The Morgan fingerprint density at radius 2 is 1.13 bits per heavy atom. The molecule has 0 amide bonds. The molecule has 118 valence electrons. The maximum Gasteiger partial charge on any atom is 0.160 e. The van der Waals surface area contributed by atoms with E-state index in [-0.39, 0.29) is 35.2 Å². The summed E-state index contributed by atoms with van der Waals surface area (Å²) in [6, 6.07) is 0. The lowest BCUT2D eigenvalue weighted by Gasteiger charge is -2.63. The lowest BCUT2D eigenvalue weighted by molar-refractivity contribution is -0.149. The van der Waals surface area contributed by atoms with Gasteiger partial charge in [-0.05, 0) is 59.5 Å². The van der Waals surface area contributed by atoms with Gasteiger partial charge < -0.3 is 4.74 Å². The molecule has 3 fully saturated rings. The van der Waals surface area contributed by atoms with Gasteiger partial charge in [-0.15, -0.1) is 0 Å². The van der Waals surface area contributed by atoms with Crippen molar-refractivity contribution in [1.82, 2.24) is 0 Å². The summed E-state index contributed by atoms with van der Waals surface area (Å²) < 4.78 is 5.82. The quantitative estimate of drug-likeness (QED) is 0.643. The molecule has 4 bridgehead atoms. The van der Waals surface area contributed by atoms with Crippen LogP contribution in [0.3, 0.4) is 0 Å². The number of carbonyl (C=O) groups excluding carboxylic acids is 2. The highest BCUT2D eigenvalue weighted by atomic mass is 16.5. The number of hydrogen-bond acceptors (Lipinski definition) is 3. The van der Waals surface area contributed by atoms with E-state index in [0.717, 1.165) is 13.2 Å². The van der Waals surface area contributed by atoms with E-state index in [1.54, 1.807) is 0 Å². The average Bonchev–Trinajstić information content (AvgIpc) is 3.10. The summed E-state index contributed by atoms with van der Waals surface area (Å²) in [5, 5.41) is 0. The molecule has 7 aliphatic carbocycles. The minimum Gasteiger partial charge on any atom is -0.381 e. The zero-order chi connectivity index (χ0) is 15.3. The number of rotatable bonds is 0. The van der Waals surface area contributed by atoms with Crippen LogP contribution in [0.4, 0.5) is 0 Å². The molecule has 1 saturated heterocycles. The molecule has 3 nitrogen and oxygen atoms in total. The second-order valence-corrected chi connectivity index (χ2v) is 8.29. The largest absolute Gasteiger partial charge is 0.381 e. The predicted molar refractivity (Wildman–Crippen MR) is 83.2 cm³/mol. The van der Waals surface area contributed by atoms with E-state index in [2.05, 4.69) is 24.3 Å². The number of hydrogen-bond donors (Lipinski definition) is 0. The van der Waals surface area contributed by atoms with Crippen LogP contribution in [0, 0.1) is 59.2 Å². The highest BCUT2D eigenvalue weighted by molar-refractivity contribution is 6.08. The maximum absolute atomic E-state index is 12.6. The van der Waals surface area contributed by atoms with Crippen molar-refractivity contribution < 1.29 is 14.3 Å². The zero-order valence-corrected chi connectivity index (χ0v) is 12.9. The zero-order valence-electron chi connectivity index (χ0n) is 12.9. The van der Waals surface area contributed by atoms with Crippen LogP contribution in [-0.4, -0.2) is 24.8 Å². The van der Waals surface area contributed by atoms with Gasteiger partial charge in [-0.3, -0.25) is 9.59 Å². The summed E-state index contributed by atoms with van der Waals surface area (Å²) in [6.07, 6.45) is 12.4. The van der Waals surface area contributed by atoms with Crippen molar-refractivity contribution in [1.29, 1.82) is 0 Å². The molecule has 23 heavy (non-hydrogen) atoms. The summed E-state index contributed by atoms with van der Waals surface area (Å²) in [4.78, 5) is 25.1. The van der Waals surface area contributed by atoms with Gasteiger partial charge >= 0.3 is 0 Å². The van der Waals surface area contributed by atoms with Gasteiger partial charge in [-0.25, -0.2) is 0 Å². The molecule has 0 radical (unpaired) electrons. The van der Waals surface area contributed by atoms with Crippen LogP contribution in [0.1, 0.15) is 0 Å². The molecule has 2 saturated carbocycles. The molecule has 1 aliphatic heterocycles. The fourth-order valence-corrected chi connectivity index (χ4v) is 7.12. The summed E-state index contributed by atoms with van der Waals surface area (Å²) in [5.74, 6) is 4.04. The van der Waals surface area contributed by atoms with Crippen LogP contribution in [0.15, 0.2) is 36.5 Å². The maximum atomic E-state index is 12.6. The van der Waals surface area contributed by atoms with E-state index < -0.39 is 0 Å². The monoisotopic (exact) mass is 308 g/mol. The summed E-state index contributed by atoms with van der Waals surface area (Å²) in [5.41, 5.74) is 0. The number of ketones is 2. The van der Waals surface area contributed by atoms with E-state index in [1.165, 1.54) is 12.2 Å². The molecule has 0 aromatic rings. The minimum absolute atomic E-state index is 0.0997. The molecular weight excluding hydrogens is 288 g/mol. The van der Waals surface area contributed by atoms with Crippen molar-refractivity contribution in [3.05, 3.63) is 36.5 Å².